The summed E-state index contributed by atoms with van der Waals surface area (Å²) < 4.78 is 27.7. The Bertz CT molecular complexity index is 3110. The smallest absolute Gasteiger partial charge is 0.343 e. The minimum absolute atomic E-state index is 0.0312. The van der Waals surface area contributed by atoms with Crippen molar-refractivity contribution < 1.29 is 62.1 Å². The molecular formula is C53H58FN9O13. The molecule has 0 fully saturated rings. The first-order valence-corrected chi connectivity index (χ1v) is 25.1. The van der Waals surface area contributed by atoms with Gasteiger partial charge in [-0.3, -0.25) is 48.1 Å². The summed E-state index contributed by atoms with van der Waals surface area (Å²) in [5.74, 6) is -5.56. The standard InChI is InChI=1S/C53H58FN9O13/c1-3-53(74)34-21-39-49-32(26-63(39)51(72)33(34)27-76-52(53)73)48-36(14-13-31-29(2)35(54)22-37(61-49)47(31)48)59-44(68)28-75-19-17-55-41(65)24-58-50(71)38(20-30-10-6-4-7-11-30)60-43(67)25-57-42(66)23-56-40(64)12-8-5-9-18-62-45(69)15-16-46(62)70/h4,6-7,10-11,15-16,21-22,36,38,74H,3,5,8-9,12-14,17-20,23-28H2,1-2H3,(H,55,65)(H,56,64)(H,57,66)(H,58,71)(H,59,68)(H,60,67)/t36-,38-,53-/m0/s1. The lowest BCUT2D eigenvalue weighted by atomic mass is 9.81. The number of amides is 8. The number of benzene rings is 2. The van der Waals surface area contributed by atoms with E-state index in [9.17, 15) is 53.1 Å². The van der Waals surface area contributed by atoms with Crippen LogP contribution >= 0.6 is 0 Å². The van der Waals surface area contributed by atoms with Gasteiger partial charge in [0.1, 0.15) is 25.1 Å². The number of pyridine rings is 2. The summed E-state index contributed by atoms with van der Waals surface area (Å²) in [6, 6.07) is 9.96. The topological polar surface area (TPSA) is 303 Å². The van der Waals surface area contributed by atoms with Crippen molar-refractivity contribution in [3.63, 3.8) is 0 Å². The number of carbonyl (C=O) groups excluding carboxylic acids is 9. The number of halogens is 1. The van der Waals surface area contributed by atoms with Gasteiger partial charge in [0.25, 0.3) is 17.4 Å². The van der Waals surface area contributed by atoms with Crippen LogP contribution in [0.5, 0.6) is 0 Å². The number of cyclic esters (lactones) is 1. The molecule has 3 aliphatic heterocycles. The molecule has 0 bridgehead atoms. The van der Waals surface area contributed by atoms with Crippen molar-refractivity contribution >= 4 is 64.1 Å². The molecule has 23 heteroatoms. The van der Waals surface area contributed by atoms with Crippen molar-refractivity contribution in [2.45, 2.75) is 96.1 Å². The van der Waals surface area contributed by atoms with Gasteiger partial charge >= 0.3 is 5.97 Å². The van der Waals surface area contributed by atoms with Crippen LogP contribution < -0.4 is 37.5 Å². The summed E-state index contributed by atoms with van der Waals surface area (Å²) in [4.78, 5) is 133. The van der Waals surface area contributed by atoms with Crippen molar-refractivity contribution in [3.05, 3.63) is 110 Å². The molecule has 0 spiro atoms. The zero-order valence-electron chi connectivity index (χ0n) is 41.9. The van der Waals surface area contributed by atoms with Crippen LogP contribution in [0.2, 0.25) is 0 Å². The van der Waals surface area contributed by atoms with Crippen LogP contribution in [0.25, 0.3) is 22.3 Å². The molecule has 8 rings (SSSR count). The van der Waals surface area contributed by atoms with Crippen molar-refractivity contribution in [3.8, 4) is 11.4 Å². The molecule has 76 heavy (non-hydrogen) atoms. The van der Waals surface area contributed by atoms with E-state index in [1.165, 1.54) is 22.8 Å². The number of rotatable bonds is 23. The van der Waals surface area contributed by atoms with E-state index in [0.29, 0.717) is 76.6 Å². The van der Waals surface area contributed by atoms with Gasteiger partial charge in [0.15, 0.2) is 5.60 Å². The normalized spacial score (nSPS) is 17.3. The van der Waals surface area contributed by atoms with Crippen molar-refractivity contribution in [2.24, 2.45) is 0 Å². The number of aliphatic hydroxyl groups is 1. The fourth-order valence-corrected chi connectivity index (χ4v) is 9.91. The highest BCUT2D eigenvalue weighted by atomic mass is 19.1. The zero-order chi connectivity index (χ0) is 54.3. The molecule has 0 saturated heterocycles. The van der Waals surface area contributed by atoms with Gasteiger partial charge in [-0.15, -0.1) is 0 Å². The lowest BCUT2D eigenvalue weighted by molar-refractivity contribution is -0.172. The Hall–Kier alpha value is -8.18. The minimum atomic E-state index is -2.04. The Balaban J connectivity index is 0.787. The third-order valence-corrected chi connectivity index (χ3v) is 14.0. The van der Waals surface area contributed by atoms with Crippen molar-refractivity contribution in [2.75, 3.05) is 45.9 Å². The zero-order valence-corrected chi connectivity index (χ0v) is 41.9. The molecule has 22 nitrogen and oxygen atoms in total. The lowest BCUT2D eigenvalue weighted by Crippen LogP contribution is -2.52. The fourth-order valence-electron chi connectivity index (χ4n) is 9.91. The molecule has 2 aromatic heterocycles. The maximum Gasteiger partial charge on any atom is 0.343 e. The number of aromatic nitrogens is 2. The number of hydrogen-bond acceptors (Lipinski definition) is 14. The molecule has 0 saturated carbocycles. The van der Waals surface area contributed by atoms with Crippen LogP contribution in [-0.2, 0) is 84.2 Å². The molecule has 0 radical (unpaired) electrons. The number of unbranched alkanes of at least 4 members (excludes halogenated alkanes) is 2. The number of carbonyl (C=O) groups is 9. The van der Waals surface area contributed by atoms with E-state index in [2.05, 4.69) is 31.9 Å². The molecule has 2 aromatic carbocycles. The second-order valence-electron chi connectivity index (χ2n) is 18.9. The van der Waals surface area contributed by atoms with E-state index >= 15 is 4.39 Å². The second kappa shape index (κ2) is 23.6. The summed E-state index contributed by atoms with van der Waals surface area (Å²) in [6.07, 6.45) is 4.91. The predicted octanol–water partition coefficient (Wildman–Crippen LogP) is 0.325. The van der Waals surface area contributed by atoms with E-state index in [-0.39, 0.29) is 75.1 Å². The monoisotopic (exact) mass is 1050 g/mol. The SMILES string of the molecule is CC[C@@]1(O)C(=O)OCc2c1cc1n(c2=O)Cc2c-1nc1cc(F)c(C)c3c1c2[C@@H](NC(=O)COCCNC(=O)CNC(=O)[C@H](Cc1ccccc1)NC(=O)CNC(=O)CNC(=O)CCCCCN1C(=O)C=CC1=O)CC3. The van der Waals surface area contributed by atoms with Gasteiger partial charge in [-0.05, 0) is 67.3 Å². The Morgan fingerprint density at radius 1 is 0.868 bits per heavy atom. The van der Waals surface area contributed by atoms with E-state index < -0.39 is 96.7 Å². The summed E-state index contributed by atoms with van der Waals surface area (Å²) in [5.41, 5.74) is 2.02. The van der Waals surface area contributed by atoms with Crippen LogP contribution in [0.3, 0.4) is 0 Å². The Kier molecular flexibility index (Phi) is 16.8. The quantitative estimate of drug-likeness (QED) is 0.0264. The number of esters is 1. The second-order valence-corrected chi connectivity index (χ2v) is 18.9. The number of ether oxygens (including phenoxy) is 2. The Morgan fingerprint density at radius 3 is 2.33 bits per heavy atom. The minimum Gasteiger partial charge on any atom is -0.458 e. The van der Waals surface area contributed by atoms with E-state index in [4.69, 9.17) is 14.5 Å². The van der Waals surface area contributed by atoms with Gasteiger partial charge < -0.3 is 51.0 Å². The lowest BCUT2D eigenvalue weighted by Gasteiger charge is -2.31. The average molecular weight is 1050 g/mol. The van der Waals surface area contributed by atoms with Gasteiger partial charge in [0.05, 0.1) is 61.3 Å². The number of aryl methyl sites for hydroxylation is 1. The summed E-state index contributed by atoms with van der Waals surface area (Å²) in [6.45, 7) is 1.42. The molecular weight excluding hydrogens is 990 g/mol. The largest absolute Gasteiger partial charge is 0.458 e. The van der Waals surface area contributed by atoms with Crippen LogP contribution in [0.15, 0.2) is 59.4 Å². The first-order valence-electron chi connectivity index (χ1n) is 25.1. The summed E-state index contributed by atoms with van der Waals surface area (Å²) >= 11 is 0. The molecule has 4 aromatic rings. The van der Waals surface area contributed by atoms with Gasteiger partial charge in [-0.25, -0.2) is 14.2 Å². The number of nitrogens with one attached hydrogen (secondary N) is 6. The molecule has 8 amide bonds. The van der Waals surface area contributed by atoms with Crippen LogP contribution in [0, 0.1) is 12.7 Å². The third-order valence-electron chi connectivity index (χ3n) is 14.0. The number of hydrogen-bond donors (Lipinski definition) is 7. The predicted molar refractivity (Wildman–Crippen MR) is 268 cm³/mol. The maximum atomic E-state index is 15.4. The molecule has 400 valence electrons. The Morgan fingerprint density at radius 2 is 1.58 bits per heavy atom. The average Bonchev–Trinajstić information content (AvgIpc) is 3.95. The highest BCUT2D eigenvalue weighted by molar-refractivity contribution is 6.12. The number of fused-ring (bicyclic) bond motifs is 5. The first kappa shape index (κ1) is 54.1. The molecule has 7 N–H and O–H groups in total. The van der Waals surface area contributed by atoms with Gasteiger partial charge in [0.2, 0.25) is 35.4 Å². The van der Waals surface area contributed by atoms with Crippen molar-refractivity contribution in [1.29, 1.82) is 0 Å². The van der Waals surface area contributed by atoms with E-state index in [1.807, 2.05) is 0 Å². The summed E-state index contributed by atoms with van der Waals surface area (Å²) in [7, 11) is 0. The van der Waals surface area contributed by atoms with Gasteiger partial charge in [-0.2, -0.15) is 0 Å². The van der Waals surface area contributed by atoms with E-state index in [1.54, 1.807) is 50.2 Å². The van der Waals surface area contributed by atoms with Crippen molar-refractivity contribution in [1.82, 2.24) is 46.4 Å². The van der Waals surface area contributed by atoms with E-state index in [0.717, 1.165) is 10.5 Å². The van der Waals surface area contributed by atoms with Gasteiger partial charge in [0, 0.05) is 60.7 Å². The molecule has 4 aliphatic rings. The molecule has 3 atom stereocenters. The maximum absolute atomic E-state index is 15.4. The summed E-state index contributed by atoms with van der Waals surface area (Å²) in [5, 5.41) is 27.6. The third kappa shape index (κ3) is 11.8. The van der Waals surface area contributed by atoms with Crippen LogP contribution in [-0.4, -0.2) is 125 Å². The molecule has 5 heterocycles. The molecule has 1 aliphatic carbocycles. The van der Waals surface area contributed by atoms with Gasteiger partial charge in [-0.1, -0.05) is 43.7 Å². The Labute approximate surface area is 434 Å². The highest BCUT2D eigenvalue weighted by Crippen LogP contribution is 2.46. The number of imide groups is 1. The highest BCUT2D eigenvalue weighted by Gasteiger charge is 2.46. The fraction of sp³-hybridized carbons (Fsp3) is 0.415. The van der Waals surface area contributed by atoms with Crippen LogP contribution in [0.4, 0.5) is 4.39 Å². The van der Waals surface area contributed by atoms with Crippen LogP contribution in [0.1, 0.15) is 90.4 Å². The molecule has 0 unspecified atom stereocenters. The first-order chi connectivity index (χ1) is 36.5. The number of nitrogens with zero attached hydrogens (tertiary/aromatic N) is 3.